The Hall–Kier alpha value is -2.82. The van der Waals surface area contributed by atoms with E-state index >= 15 is 0 Å². The number of hydrogen-bond acceptors (Lipinski definition) is 8. The van der Waals surface area contributed by atoms with Crippen LogP contribution in [0.5, 0.6) is 0 Å². The van der Waals surface area contributed by atoms with E-state index in [4.69, 9.17) is 4.52 Å². The number of aliphatic hydroxyl groups excluding tert-OH is 1. The number of rotatable bonds is 6. The molecule has 0 radical (unpaired) electrons. The smallest absolute Gasteiger partial charge is 0.248 e. The van der Waals surface area contributed by atoms with E-state index in [-0.39, 0.29) is 30.2 Å². The number of carbonyl (C=O) groups is 2. The average molecular weight is 488 g/mol. The van der Waals surface area contributed by atoms with Gasteiger partial charge in [-0.1, -0.05) is 51.9 Å². The SMILES string of the molecule is CC(NC(=O)C1CC(O)CN1C(=O)[C@H](n1cc(C2CC2)nn1)C(C)(C)C)c1nc(C(C)(C)C)no1. The van der Waals surface area contributed by atoms with Crippen molar-refractivity contribution in [1.29, 1.82) is 0 Å². The van der Waals surface area contributed by atoms with Crippen molar-refractivity contribution in [3.8, 4) is 0 Å². The van der Waals surface area contributed by atoms with E-state index in [0.29, 0.717) is 17.6 Å². The minimum absolute atomic E-state index is 0.0801. The Morgan fingerprint density at radius 3 is 2.46 bits per heavy atom. The molecule has 2 aliphatic rings. The van der Waals surface area contributed by atoms with Gasteiger partial charge in [0, 0.05) is 30.5 Å². The fraction of sp³-hybridized carbons (Fsp3) is 0.750. The predicted molar refractivity (Wildman–Crippen MR) is 126 cm³/mol. The van der Waals surface area contributed by atoms with Crippen LogP contribution in [-0.2, 0) is 15.0 Å². The number of hydrogen-bond donors (Lipinski definition) is 2. The third-order valence-electron chi connectivity index (χ3n) is 6.55. The van der Waals surface area contributed by atoms with Crippen LogP contribution in [0.15, 0.2) is 10.7 Å². The molecule has 35 heavy (non-hydrogen) atoms. The zero-order valence-corrected chi connectivity index (χ0v) is 21.6. The van der Waals surface area contributed by atoms with Crippen molar-refractivity contribution in [3.63, 3.8) is 0 Å². The molecule has 1 aliphatic carbocycles. The van der Waals surface area contributed by atoms with Gasteiger partial charge >= 0.3 is 0 Å². The van der Waals surface area contributed by atoms with Crippen molar-refractivity contribution < 1.29 is 19.2 Å². The van der Waals surface area contributed by atoms with Gasteiger partial charge in [-0.3, -0.25) is 9.59 Å². The van der Waals surface area contributed by atoms with Gasteiger partial charge in [0.1, 0.15) is 18.1 Å². The highest BCUT2D eigenvalue weighted by molar-refractivity contribution is 5.90. The van der Waals surface area contributed by atoms with Gasteiger partial charge in [-0.25, -0.2) is 4.68 Å². The Bertz CT molecular complexity index is 1080. The van der Waals surface area contributed by atoms with E-state index in [9.17, 15) is 14.7 Å². The molecule has 0 bridgehead atoms. The lowest BCUT2D eigenvalue weighted by molar-refractivity contribution is -0.144. The molecule has 0 aromatic carbocycles. The molecule has 192 valence electrons. The van der Waals surface area contributed by atoms with Crippen LogP contribution in [0.4, 0.5) is 0 Å². The number of nitrogens with zero attached hydrogens (tertiary/aromatic N) is 6. The number of aromatic nitrogens is 5. The summed E-state index contributed by atoms with van der Waals surface area (Å²) in [6, 6.07) is -2.03. The Kier molecular flexibility index (Phi) is 6.50. The third-order valence-corrected chi connectivity index (χ3v) is 6.55. The molecule has 4 rings (SSSR count). The summed E-state index contributed by atoms with van der Waals surface area (Å²) in [6.45, 7) is 13.6. The fourth-order valence-electron chi connectivity index (χ4n) is 4.41. The molecule has 4 atom stereocenters. The molecule has 11 nitrogen and oxygen atoms in total. The van der Waals surface area contributed by atoms with Gasteiger partial charge in [0.25, 0.3) is 0 Å². The van der Waals surface area contributed by atoms with Crippen LogP contribution in [0.2, 0.25) is 0 Å². The van der Waals surface area contributed by atoms with Crippen LogP contribution in [0.25, 0.3) is 0 Å². The zero-order valence-electron chi connectivity index (χ0n) is 21.6. The van der Waals surface area contributed by atoms with E-state index in [1.54, 1.807) is 11.6 Å². The van der Waals surface area contributed by atoms with Gasteiger partial charge in [0.2, 0.25) is 17.7 Å². The number of aliphatic hydroxyl groups is 1. The summed E-state index contributed by atoms with van der Waals surface area (Å²) in [5.41, 5.74) is 0.124. The highest BCUT2D eigenvalue weighted by Gasteiger charge is 2.45. The summed E-state index contributed by atoms with van der Waals surface area (Å²) >= 11 is 0. The first-order valence-corrected chi connectivity index (χ1v) is 12.3. The first-order valence-electron chi connectivity index (χ1n) is 12.3. The fourth-order valence-corrected chi connectivity index (χ4v) is 4.41. The van der Waals surface area contributed by atoms with Gasteiger partial charge in [0.05, 0.1) is 11.8 Å². The van der Waals surface area contributed by atoms with Crippen molar-refractivity contribution in [2.75, 3.05) is 6.54 Å². The molecule has 2 aromatic rings. The second-order valence-electron chi connectivity index (χ2n) is 12.0. The van der Waals surface area contributed by atoms with Gasteiger partial charge in [-0.2, -0.15) is 4.98 Å². The Balaban J connectivity index is 1.52. The molecular weight excluding hydrogens is 450 g/mol. The molecule has 0 spiro atoms. The maximum Gasteiger partial charge on any atom is 0.248 e. The summed E-state index contributed by atoms with van der Waals surface area (Å²) in [7, 11) is 0. The Morgan fingerprint density at radius 2 is 1.89 bits per heavy atom. The van der Waals surface area contributed by atoms with Crippen molar-refractivity contribution in [1.82, 2.24) is 35.4 Å². The molecular formula is C24H37N7O4. The van der Waals surface area contributed by atoms with Crippen LogP contribution in [0.1, 0.15) is 103 Å². The van der Waals surface area contributed by atoms with Gasteiger partial charge in [0.15, 0.2) is 5.82 Å². The maximum atomic E-state index is 13.8. The molecule has 2 amide bonds. The third kappa shape index (κ3) is 5.39. The molecule has 2 N–H and O–H groups in total. The number of β-amino-alcohol motifs (C(OH)–C–C–N with tert-alkyl or cyclic N) is 1. The summed E-state index contributed by atoms with van der Waals surface area (Å²) in [5.74, 6) is 0.622. The maximum absolute atomic E-state index is 13.8. The molecule has 1 aliphatic heterocycles. The summed E-state index contributed by atoms with van der Waals surface area (Å²) < 4.78 is 6.97. The monoisotopic (exact) mass is 487 g/mol. The van der Waals surface area contributed by atoms with Crippen molar-refractivity contribution >= 4 is 11.8 Å². The second kappa shape index (κ2) is 9.00. The Labute approximate surface area is 205 Å². The van der Waals surface area contributed by atoms with Crippen LogP contribution in [0.3, 0.4) is 0 Å². The second-order valence-corrected chi connectivity index (χ2v) is 12.0. The molecule has 2 aromatic heterocycles. The first-order chi connectivity index (χ1) is 16.3. The molecule has 1 saturated carbocycles. The number of carbonyl (C=O) groups excluding carboxylic acids is 2. The van der Waals surface area contributed by atoms with Crippen molar-refractivity contribution in [2.45, 2.75) is 103 Å². The summed E-state index contributed by atoms with van der Waals surface area (Å²) in [6.07, 6.45) is 3.38. The van der Waals surface area contributed by atoms with E-state index in [0.717, 1.165) is 18.5 Å². The van der Waals surface area contributed by atoms with Crippen LogP contribution >= 0.6 is 0 Å². The molecule has 11 heteroatoms. The number of likely N-dealkylation sites (tertiary alicyclic amines) is 1. The molecule has 1 saturated heterocycles. The quantitative estimate of drug-likeness (QED) is 0.632. The van der Waals surface area contributed by atoms with Crippen LogP contribution in [0, 0.1) is 5.41 Å². The normalized spacial score (nSPS) is 22.8. The summed E-state index contributed by atoms with van der Waals surface area (Å²) in [4.78, 5) is 33.0. The van der Waals surface area contributed by atoms with E-state index in [1.807, 2.05) is 47.7 Å². The topological polar surface area (TPSA) is 139 Å². The summed E-state index contributed by atoms with van der Waals surface area (Å²) in [5, 5.41) is 25.8. The standard InChI is InChI=1S/C24H37N7O4/c1-13(20-26-22(28-35-20)24(5,6)7)25-19(33)17-10-15(32)11-30(17)21(34)18(23(2,3)4)31-12-16(27-29-31)14-8-9-14/h12-15,17-18,32H,8-11H2,1-7H3,(H,25,33)/t13?,15?,17?,18-/m0/s1. The molecule has 2 fully saturated rings. The molecule has 3 heterocycles. The minimum Gasteiger partial charge on any atom is -0.391 e. The average Bonchev–Trinajstić information content (AvgIpc) is 3.15. The highest BCUT2D eigenvalue weighted by atomic mass is 16.5. The Morgan fingerprint density at radius 1 is 1.20 bits per heavy atom. The number of nitrogens with one attached hydrogen (secondary N) is 1. The highest BCUT2D eigenvalue weighted by Crippen LogP contribution is 2.40. The first kappa shape index (κ1) is 25.3. The van der Waals surface area contributed by atoms with Crippen LogP contribution in [-0.4, -0.2) is 65.6 Å². The van der Waals surface area contributed by atoms with Gasteiger partial charge in [-0.05, 0) is 25.2 Å². The lowest BCUT2D eigenvalue weighted by atomic mass is 9.85. The lowest BCUT2D eigenvalue weighted by Crippen LogP contribution is -2.50. The van der Waals surface area contributed by atoms with Gasteiger partial charge in [-0.15, -0.1) is 5.10 Å². The van der Waals surface area contributed by atoms with E-state index in [1.165, 1.54) is 4.90 Å². The minimum atomic E-state index is -0.818. The number of amides is 2. The molecule has 3 unspecified atom stereocenters. The largest absolute Gasteiger partial charge is 0.391 e. The van der Waals surface area contributed by atoms with Gasteiger partial charge < -0.3 is 19.8 Å². The van der Waals surface area contributed by atoms with Crippen molar-refractivity contribution in [3.05, 3.63) is 23.6 Å². The lowest BCUT2D eigenvalue weighted by Gasteiger charge is -2.34. The van der Waals surface area contributed by atoms with Crippen LogP contribution < -0.4 is 5.32 Å². The van der Waals surface area contributed by atoms with E-state index in [2.05, 4.69) is 25.8 Å². The van der Waals surface area contributed by atoms with E-state index < -0.39 is 29.6 Å². The predicted octanol–water partition coefficient (Wildman–Crippen LogP) is 2.26. The van der Waals surface area contributed by atoms with Crippen molar-refractivity contribution in [2.24, 2.45) is 5.41 Å². The zero-order chi connectivity index (χ0) is 25.7.